The number of hydrogen-bond acceptors (Lipinski definition) is 3. The Kier molecular flexibility index (Phi) is 8.95. The van der Waals surface area contributed by atoms with Gasteiger partial charge >= 0.3 is 12.0 Å². The number of amides is 2. The first-order valence-electron chi connectivity index (χ1n) is 6.77. The molecule has 0 bridgehead atoms. The predicted octanol–water partition coefficient (Wildman–Crippen LogP) is 1.24. The van der Waals surface area contributed by atoms with Crippen LogP contribution in [0.2, 0.25) is 0 Å². The van der Waals surface area contributed by atoms with Crippen LogP contribution in [0.3, 0.4) is 0 Å². The Morgan fingerprint density at radius 3 is 2.32 bits per heavy atom. The normalized spacial score (nSPS) is 12.0. The lowest BCUT2D eigenvalue weighted by Gasteiger charge is -2.28. The molecule has 0 saturated carbocycles. The molecule has 1 unspecified atom stereocenters. The molecule has 0 radical (unpaired) electrons. The molecular weight excluding hydrogens is 248 g/mol. The molecule has 6 nitrogen and oxygen atoms in total. The van der Waals surface area contributed by atoms with E-state index < -0.39 is 11.9 Å². The molecule has 0 fully saturated rings. The summed E-state index contributed by atoms with van der Waals surface area (Å²) in [5, 5.41) is 17.5. The lowest BCUT2D eigenvalue weighted by molar-refractivity contribution is -0.141. The van der Waals surface area contributed by atoms with Gasteiger partial charge in [-0.15, -0.1) is 0 Å². The Bertz CT molecular complexity index is 284. The summed E-state index contributed by atoms with van der Waals surface area (Å²) in [4.78, 5) is 26.1. The van der Waals surface area contributed by atoms with Crippen LogP contribution in [0.5, 0.6) is 0 Å². The summed E-state index contributed by atoms with van der Waals surface area (Å²) in [6.45, 7) is 4.96. The number of aliphatic carboxylic acids is 1. The lowest BCUT2D eigenvalue weighted by Crippen LogP contribution is -2.44. The minimum absolute atomic E-state index is 0.139. The third-order valence-electron chi connectivity index (χ3n) is 3.05. The molecule has 0 aliphatic heterocycles. The van der Waals surface area contributed by atoms with Crippen LogP contribution >= 0.6 is 0 Å². The van der Waals surface area contributed by atoms with Gasteiger partial charge < -0.3 is 20.0 Å². The number of hydrogen-bond donors (Lipinski definition) is 2. The summed E-state index contributed by atoms with van der Waals surface area (Å²) < 4.78 is 0. The Morgan fingerprint density at radius 1 is 1.21 bits per heavy atom. The summed E-state index contributed by atoms with van der Waals surface area (Å²) in [6, 6.07) is -0.139. The van der Waals surface area contributed by atoms with Gasteiger partial charge in [-0.25, -0.2) is 4.79 Å². The molecule has 1 atom stereocenters. The smallest absolute Gasteiger partial charge is 0.319 e. The van der Waals surface area contributed by atoms with Crippen molar-refractivity contribution >= 4 is 12.0 Å². The SMILES string of the molecule is CCN(CC(C)C(=O)O)C(=O)N(C)CCCCCO. The van der Waals surface area contributed by atoms with Crippen LogP contribution in [0.15, 0.2) is 0 Å². The van der Waals surface area contributed by atoms with Crippen molar-refractivity contribution < 1.29 is 19.8 Å². The molecule has 19 heavy (non-hydrogen) atoms. The van der Waals surface area contributed by atoms with Crippen molar-refractivity contribution in [3.05, 3.63) is 0 Å². The van der Waals surface area contributed by atoms with E-state index in [1.54, 1.807) is 23.8 Å². The van der Waals surface area contributed by atoms with Gasteiger partial charge in [0.2, 0.25) is 0 Å². The molecule has 0 saturated heterocycles. The highest BCUT2D eigenvalue weighted by Crippen LogP contribution is 2.05. The van der Waals surface area contributed by atoms with Crippen molar-refractivity contribution in [1.82, 2.24) is 9.80 Å². The number of unbranched alkanes of at least 4 members (excludes halogenated alkanes) is 2. The average molecular weight is 274 g/mol. The molecule has 2 N–H and O–H groups in total. The third-order valence-corrected chi connectivity index (χ3v) is 3.05. The summed E-state index contributed by atoms with van der Waals surface area (Å²) in [5.41, 5.74) is 0. The number of carbonyl (C=O) groups is 2. The molecule has 2 amide bonds. The zero-order chi connectivity index (χ0) is 14.8. The third kappa shape index (κ3) is 7.00. The predicted molar refractivity (Wildman–Crippen MR) is 73.0 cm³/mol. The van der Waals surface area contributed by atoms with E-state index in [0.29, 0.717) is 13.1 Å². The Balaban J connectivity index is 4.21. The van der Waals surface area contributed by atoms with E-state index in [1.807, 2.05) is 6.92 Å². The van der Waals surface area contributed by atoms with Crippen LogP contribution < -0.4 is 0 Å². The number of carboxylic acids is 1. The van der Waals surface area contributed by atoms with E-state index in [9.17, 15) is 9.59 Å². The molecule has 0 aliphatic rings. The minimum atomic E-state index is -0.892. The van der Waals surface area contributed by atoms with Gasteiger partial charge in [-0.3, -0.25) is 4.79 Å². The fourth-order valence-electron chi connectivity index (χ4n) is 1.73. The van der Waals surface area contributed by atoms with Crippen LogP contribution in [0, 0.1) is 5.92 Å². The molecule has 0 spiro atoms. The van der Waals surface area contributed by atoms with Crippen molar-refractivity contribution in [2.75, 3.05) is 33.3 Å². The second-order valence-corrected chi connectivity index (χ2v) is 4.77. The number of aliphatic hydroxyl groups excluding tert-OH is 1. The van der Waals surface area contributed by atoms with Gasteiger partial charge in [-0.1, -0.05) is 6.92 Å². The summed E-state index contributed by atoms with van der Waals surface area (Å²) >= 11 is 0. The highest BCUT2D eigenvalue weighted by Gasteiger charge is 2.21. The number of aliphatic hydroxyl groups is 1. The van der Waals surface area contributed by atoms with Gasteiger partial charge in [0.1, 0.15) is 0 Å². The monoisotopic (exact) mass is 274 g/mol. The molecule has 0 aliphatic carbocycles. The fraction of sp³-hybridized carbons (Fsp3) is 0.846. The molecule has 6 heteroatoms. The highest BCUT2D eigenvalue weighted by molar-refractivity contribution is 5.75. The summed E-state index contributed by atoms with van der Waals surface area (Å²) in [5.74, 6) is -1.46. The van der Waals surface area contributed by atoms with Gasteiger partial charge in [0, 0.05) is 33.3 Å². The van der Waals surface area contributed by atoms with E-state index in [4.69, 9.17) is 10.2 Å². The maximum absolute atomic E-state index is 12.1. The fourth-order valence-corrected chi connectivity index (χ4v) is 1.73. The van der Waals surface area contributed by atoms with Gasteiger partial charge in [-0.05, 0) is 26.2 Å². The topological polar surface area (TPSA) is 81.1 Å². The molecule has 0 aromatic carbocycles. The molecule has 0 aromatic heterocycles. The van der Waals surface area contributed by atoms with Crippen LogP contribution in [0.25, 0.3) is 0 Å². The van der Waals surface area contributed by atoms with Crippen LogP contribution in [0.1, 0.15) is 33.1 Å². The molecule has 0 aromatic rings. The lowest BCUT2D eigenvalue weighted by atomic mass is 10.2. The van der Waals surface area contributed by atoms with Crippen molar-refractivity contribution in [3.63, 3.8) is 0 Å². The van der Waals surface area contributed by atoms with E-state index in [2.05, 4.69) is 0 Å². The van der Waals surface area contributed by atoms with Crippen LogP contribution in [0.4, 0.5) is 4.79 Å². The molecular formula is C13H26N2O4. The first-order valence-corrected chi connectivity index (χ1v) is 6.77. The summed E-state index contributed by atoms with van der Waals surface area (Å²) in [7, 11) is 1.72. The number of nitrogens with zero attached hydrogens (tertiary/aromatic N) is 2. The van der Waals surface area contributed by atoms with Crippen LogP contribution in [-0.4, -0.2) is 65.3 Å². The van der Waals surface area contributed by atoms with Crippen molar-refractivity contribution in [2.45, 2.75) is 33.1 Å². The largest absolute Gasteiger partial charge is 0.481 e. The Hall–Kier alpha value is -1.30. The number of rotatable bonds is 9. The standard InChI is InChI=1S/C13H26N2O4/c1-4-15(10-11(2)12(17)18)13(19)14(3)8-6-5-7-9-16/h11,16H,4-10H2,1-3H3,(H,17,18). The first-order chi connectivity index (χ1) is 8.93. The zero-order valence-corrected chi connectivity index (χ0v) is 12.1. The quantitative estimate of drug-likeness (QED) is 0.620. The van der Waals surface area contributed by atoms with E-state index >= 15 is 0 Å². The molecule has 0 rings (SSSR count). The zero-order valence-electron chi connectivity index (χ0n) is 12.1. The van der Waals surface area contributed by atoms with Crippen molar-refractivity contribution in [2.24, 2.45) is 5.92 Å². The van der Waals surface area contributed by atoms with E-state index in [0.717, 1.165) is 19.3 Å². The van der Waals surface area contributed by atoms with Crippen LogP contribution in [-0.2, 0) is 4.79 Å². The van der Waals surface area contributed by atoms with E-state index in [-0.39, 0.29) is 19.2 Å². The van der Waals surface area contributed by atoms with Gasteiger partial charge in [0.15, 0.2) is 0 Å². The molecule has 112 valence electrons. The van der Waals surface area contributed by atoms with Crippen molar-refractivity contribution in [1.29, 1.82) is 0 Å². The van der Waals surface area contributed by atoms with Crippen molar-refractivity contribution in [3.8, 4) is 0 Å². The van der Waals surface area contributed by atoms with Gasteiger partial charge in [0.05, 0.1) is 5.92 Å². The maximum atomic E-state index is 12.1. The highest BCUT2D eigenvalue weighted by atomic mass is 16.4. The number of urea groups is 1. The second-order valence-electron chi connectivity index (χ2n) is 4.77. The maximum Gasteiger partial charge on any atom is 0.319 e. The Morgan fingerprint density at radius 2 is 1.84 bits per heavy atom. The molecule has 0 heterocycles. The summed E-state index contributed by atoms with van der Waals surface area (Å²) in [6.07, 6.45) is 2.47. The number of carbonyl (C=O) groups excluding carboxylic acids is 1. The Labute approximate surface area is 115 Å². The first kappa shape index (κ1) is 17.7. The van der Waals surface area contributed by atoms with Gasteiger partial charge in [0.25, 0.3) is 0 Å². The van der Waals surface area contributed by atoms with Gasteiger partial charge in [-0.2, -0.15) is 0 Å². The second kappa shape index (κ2) is 9.61. The van der Waals surface area contributed by atoms with E-state index in [1.165, 1.54) is 0 Å². The minimum Gasteiger partial charge on any atom is -0.481 e. The average Bonchev–Trinajstić information content (AvgIpc) is 2.39. The number of carboxylic acid groups (broad SMARTS) is 1.